The van der Waals surface area contributed by atoms with Gasteiger partial charge in [-0.15, -0.1) is 0 Å². The van der Waals surface area contributed by atoms with Crippen LogP contribution in [0.25, 0.3) is 0 Å². The van der Waals surface area contributed by atoms with Gasteiger partial charge in [0.25, 0.3) is 0 Å². The van der Waals surface area contributed by atoms with Gasteiger partial charge in [-0.2, -0.15) is 0 Å². The molecule has 3 rings (SSSR count). The van der Waals surface area contributed by atoms with Crippen LogP contribution < -0.4 is 4.90 Å². The van der Waals surface area contributed by atoms with Crippen LogP contribution >= 0.6 is 0 Å². The monoisotopic (exact) mass is 261 g/mol. The van der Waals surface area contributed by atoms with Gasteiger partial charge in [0.2, 0.25) is 0 Å². The molecule has 3 nitrogen and oxygen atoms in total. The third kappa shape index (κ3) is 3.10. The minimum atomic E-state index is -0.00172. The molecule has 1 unspecified atom stereocenters. The van der Waals surface area contributed by atoms with Crippen molar-refractivity contribution in [3.8, 4) is 0 Å². The quantitative estimate of drug-likeness (QED) is 0.835. The van der Waals surface area contributed by atoms with Crippen LogP contribution in [-0.4, -0.2) is 32.6 Å². The third-order valence-electron chi connectivity index (χ3n) is 3.96. The van der Waals surface area contributed by atoms with Gasteiger partial charge in [-0.25, -0.2) is 0 Å². The van der Waals surface area contributed by atoms with Crippen LogP contribution in [0.2, 0.25) is 0 Å². The van der Waals surface area contributed by atoms with Crippen molar-refractivity contribution in [3.63, 3.8) is 0 Å². The van der Waals surface area contributed by atoms with E-state index in [4.69, 9.17) is 9.47 Å². The van der Waals surface area contributed by atoms with E-state index in [0.29, 0.717) is 0 Å². The van der Waals surface area contributed by atoms with Crippen molar-refractivity contribution >= 4 is 5.69 Å². The molecule has 1 saturated heterocycles. The van der Waals surface area contributed by atoms with Crippen LogP contribution in [-0.2, 0) is 15.9 Å². The van der Waals surface area contributed by atoms with Gasteiger partial charge in [0.1, 0.15) is 0 Å². The first-order valence-electron chi connectivity index (χ1n) is 7.39. The Morgan fingerprint density at radius 1 is 1.21 bits per heavy atom. The summed E-state index contributed by atoms with van der Waals surface area (Å²) in [5, 5.41) is 0. The molecular weight excluding hydrogens is 238 g/mol. The molecule has 104 valence electrons. The summed E-state index contributed by atoms with van der Waals surface area (Å²) in [6.45, 7) is 6.18. The summed E-state index contributed by atoms with van der Waals surface area (Å²) < 4.78 is 11.3. The lowest BCUT2D eigenvalue weighted by molar-refractivity contribution is -0.179. The summed E-state index contributed by atoms with van der Waals surface area (Å²) in [6.07, 6.45) is 3.18. The van der Waals surface area contributed by atoms with Gasteiger partial charge in [0, 0.05) is 25.2 Å². The summed E-state index contributed by atoms with van der Waals surface area (Å²) in [4.78, 5) is 2.49. The normalized spacial score (nSPS) is 24.3. The fourth-order valence-corrected chi connectivity index (χ4v) is 3.08. The lowest BCUT2D eigenvalue weighted by Crippen LogP contribution is -2.37. The van der Waals surface area contributed by atoms with Crippen LogP contribution in [0.15, 0.2) is 24.3 Å². The number of fused-ring (bicyclic) bond motifs is 1. The molecule has 1 aromatic carbocycles. The molecule has 0 N–H and O–H groups in total. The Morgan fingerprint density at radius 2 is 2.00 bits per heavy atom. The number of para-hydroxylation sites is 1. The van der Waals surface area contributed by atoms with E-state index in [9.17, 15) is 0 Å². The van der Waals surface area contributed by atoms with Crippen molar-refractivity contribution in [1.29, 1.82) is 0 Å². The number of hydrogen-bond donors (Lipinski definition) is 0. The molecule has 0 radical (unpaired) electrons. The fourth-order valence-electron chi connectivity index (χ4n) is 3.08. The maximum Gasteiger partial charge on any atom is 0.159 e. The Hall–Kier alpha value is -1.06. The molecule has 0 aliphatic carbocycles. The van der Waals surface area contributed by atoms with E-state index in [0.717, 1.165) is 45.1 Å². The Morgan fingerprint density at radius 3 is 2.84 bits per heavy atom. The first-order valence-corrected chi connectivity index (χ1v) is 7.39. The van der Waals surface area contributed by atoms with Gasteiger partial charge in [0.15, 0.2) is 6.29 Å². The smallest absolute Gasteiger partial charge is 0.159 e. The molecule has 0 saturated carbocycles. The van der Waals surface area contributed by atoms with E-state index < -0.39 is 0 Å². The zero-order valence-electron chi connectivity index (χ0n) is 11.7. The van der Waals surface area contributed by atoms with E-state index >= 15 is 0 Å². The number of rotatable bonds is 3. The van der Waals surface area contributed by atoms with E-state index in [1.807, 2.05) is 0 Å². The van der Waals surface area contributed by atoms with Crippen LogP contribution in [0, 0.1) is 5.92 Å². The average Bonchev–Trinajstić information content (AvgIpc) is 2.45. The summed E-state index contributed by atoms with van der Waals surface area (Å²) in [7, 11) is 0. The second-order valence-electron chi connectivity index (χ2n) is 5.70. The highest BCUT2D eigenvalue weighted by Crippen LogP contribution is 2.29. The number of ether oxygens (including phenoxy) is 2. The van der Waals surface area contributed by atoms with Gasteiger partial charge in [0.05, 0.1) is 13.2 Å². The number of nitrogens with zero attached hydrogens (tertiary/aromatic N) is 1. The SMILES string of the molecule is CC1Cc2ccccc2N(CCC2OCCCO2)C1. The highest BCUT2D eigenvalue weighted by molar-refractivity contribution is 5.55. The molecule has 1 fully saturated rings. The van der Waals surface area contributed by atoms with Crippen LogP contribution in [0.5, 0.6) is 0 Å². The van der Waals surface area contributed by atoms with Crippen molar-refractivity contribution < 1.29 is 9.47 Å². The maximum absolute atomic E-state index is 5.63. The van der Waals surface area contributed by atoms with Crippen LogP contribution in [0.4, 0.5) is 5.69 Å². The zero-order chi connectivity index (χ0) is 13.1. The maximum atomic E-state index is 5.63. The topological polar surface area (TPSA) is 21.7 Å². The Labute approximate surface area is 115 Å². The number of hydrogen-bond acceptors (Lipinski definition) is 3. The fraction of sp³-hybridized carbons (Fsp3) is 0.625. The minimum Gasteiger partial charge on any atom is -0.371 e. The van der Waals surface area contributed by atoms with Crippen LogP contribution in [0.1, 0.15) is 25.3 Å². The predicted molar refractivity (Wildman–Crippen MR) is 76.4 cm³/mol. The average molecular weight is 261 g/mol. The molecule has 1 atom stereocenters. The highest BCUT2D eigenvalue weighted by Gasteiger charge is 2.22. The van der Waals surface area contributed by atoms with Crippen molar-refractivity contribution in [2.45, 2.75) is 32.5 Å². The molecule has 0 bridgehead atoms. The number of anilines is 1. The van der Waals surface area contributed by atoms with Crippen LogP contribution in [0.3, 0.4) is 0 Å². The third-order valence-corrected chi connectivity index (χ3v) is 3.96. The van der Waals surface area contributed by atoms with Gasteiger partial charge >= 0.3 is 0 Å². The largest absolute Gasteiger partial charge is 0.371 e. The van der Waals surface area contributed by atoms with Gasteiger partial charge < -0.3 is 14.4 Å². The Balaban J connectivity index is 1.64. The van der Waals surface area contributed by atoms with Crippen molar-refractivity contribution in [2.24, 2.45) is 5.92 Å². The summed E-state index contributed by atoms with van der Waals surface area (Å²) in [5.74, 6) is 0.725. The molecule has 0 spiro atoms. The molecule has 1 aromatic rings. The molecule has 2 heterocycles. The molecule has 0 aromatic heterocycles. The summed E-state index contributed by atoms with van der Waals surface area (Å²) in [6, 6.07) is 8.77. The predicted octanol–water partition coefficient (Wildman–Crippen LogP) is 2.84. The molecule has 19 heavy (non-hydrogen) atoms. The molecular formula is C16H23NO2. The Bertz CT molecular complexity index is 415. The van der Waals surface area contributed by atoms with Crippen molar-refractivity contribution in [1.82, 2.24) is 0 Å². The van der Waals surface area contributed by atoms with Gasteiger partial charge in [-0.1, -0.05) is 25.1 Å². The second kappa shape index (κ2) is 5.93. The van der Waals surface area contributed by atoms with Crippen molar-refractivity contribution in [3.05, 3.63) is 29.8 Å². The molecule has 3 heteroatoms. The van der Waals surface area contributed by atoms with E-state index in [1.165, 1.54) is 17.7 Å². The van der Waals surface area contributed by atoms with E-state index in [1.54, 1.807) is 0 Å². The van der Waals surface area contributed by atoms with Gasteiger partial charge in [-0.3, -0.25) is 0 Å². The lowest BCUT2D eigenvalue weighted by Gasteiger charge is -2.36. The molecule has 2 aliphatic rings. The standard InChI is InChI=1S/C16H23NO2/c1-13-11-14-5-2-3-6-15(14)17(12-13)8-7-16-18-9-4-10-19-16/h2-3,5-6,13,16H,4,7-12H2,1H3. The minimum absolute atomic E-state index is 0.00172. The van der Waals surface area contributed by atoms with E-state index in [2.05, 4.69) is 36.1 Å². The first-order chi connectivity index (χ1) is 9.33. The summed E-state index contributed by atoms with van der Waals surface area (Å²) >= 11 is 0. The highest BCUT2D eigenvalue weighted by atomic mass is 16.7. The molecule has 2 aliphatic heterocycles. The lowest BCUT2D eigenvalue weighted by atomic mass is 9.94. The van der Waals surface area contributed by atoms with E-state index in [-0.39, 0.29) is 6.29 Å². The van der Waals surface area contributed by atoms with Crippen molar-refractivity contribution in [2.75, 3.05) is 31.2 Å². The zero-order valence-corrected chi connectivity index (χ0v) is 11.7. The number of benzene rings is 1. The second-order valence-corrected chi connectivity index (χ2v) is 5.70. The Kier molecular flexibility index (Phi) is 4.04. The summed E-state index contributed by atoms with van der Waals surface area (Å²) in [5.41, 5.74) is 2.88. The molecule has 0 amide bonds. The first kappa shape index (κ1) is 12.9. The van der Waals surface area contributed by atoms with Gasteiger partial charge in [-0.05, 0) is 30.4 Å².